The molecule has 0 amide bonds. The molecule has 0 unspecified atom stereocenters. The maximum absolute atomic E-state index is 14.0. The number of thiophene rings is 1. The molecule has 0 fully saturated rings. The fraction of sp³-hybridized carbons (Fsp3) is 0.167. The lowest BCUT2D eigenvalue weighted by atomic mass is 10.2. The first-order valence-electron chi connectivity index (χ1n) is 5.63. The maximum atomic E-state index is 14.0. The predicted octanol–water partition coefficient (Wildman–Crippen LogP) is 1.96. The van der Waals surface area contributed by atoms with E-state index in [-0.39, 0.29) is 6.54 Å². The Morgan fingerprint density at radius 2 is 2.00 bits per heavy atom. The largest absolute Gasteiger partial charge is 0.326 e. The summed E-state index contributed by atoms with van der Waals surface area (Å²) in [7, 11) is -4.06. The lowest BCUT2D eigenvalue weighted by Crippen LogP contribution is -2.25. The van der Waals surface area contributed by atoms with E-state index in [4.69, 9.17) is 5.73 Å². The second kappa shape index (κ2) is 5.96. The van der Waals surface area contributed by atoms with Crippen molar-refractivity contribution in [3.63, 3.8) is 0 Å². The van der Waals surface area contributed by atoms with Gasteiger partial charge in [-0.2, -0.15) is 11.3 Å². The summed E-state index contributed by atoms with van der Waals surface area (Å²) in [4.78, 5) is -0.602. The zero-order chi connectivity index (χ0) is 14.8. The van der Waals surface area contributed by atoms with Gasteiger partial charge >= 0.3 is 0 Å². The Hall–Kier alpha value is -1.35. The number of nitrogens with two attached hydrogens (primary N) is 1. The zero-order valence-electron chi connectivity index (χ0n) is 10.3. The molecule has 20 heavy (non-hydrogen) atoms. The highest BCUT2D eigenvalue weighted by Crippen LogP contribution is 2.21. The van der Waals surface area contributed by atoms with E-state index < -0.39 is 38.7 Å². The quantitative estimate of drug-likeness (QED) is 0.885. The average molecular weight is 318 g/mol. The summed E-state index contributed by atoms with van der Waals surface area (Å²) in [6.07, 6.45) is 0. The smallest absolute Gasteiger partial charge is 0.243 e. The van der Waals surface area contributed by atoms with Crippen LogP contribution in [0.1, 0.15) is 11.1 Å². The molecule has 0 aliphatic heterocycles. The topological polar surface area (TPSA) is 72.2 Å². The Morgan fingerprint density at radius 3 is 2.60 bits per heavy atom. The molecule has 2 rings (SSSR count). The third-order valence-electron chi connectivity index (χ3n) is 2.69. The second-order valence-corrected chi connectivity index (χ2v) is 6.51. The minimum absolute atomic E-state index is 0.0423. The molecule has 1 heterocycles. The summed E-state index contributed by atoms with van der Waals surface area (Å²) in [6, 6.07) is 3.53. The summed E-state index contributed by atoms with van der Waals surface area (Å²) in [5.74, 6) is -2.01. The molecule has 0 saturated heterocycles. The summed E-state index contributed by atoms with van der Waals surface area (Å²) < 4.78 is 53.6. The van der Waals surface area contributed by atoms with Crippen LogP contribution in [0, 0.1) is 11.6 Å². The van der Waals surface area contributed by atoms with Crippen molar-refractivity contribution in [2.45, 2.75) is 18.0 Å². The normalized spacial score (nSPS) is 11.8. The summed E-state index contributed by atoms with van der Waals surface area (Å²) in [5, 5.41) is 3.57. The van der Waals surface area contributed by atoms with Crippen LogP contribution in [-0.2, 0) is 23.1 Å². The standard InChI is InChI=1S/C12H12F2N2O2S2/c13-10-1-2-11(12(14)9(10)5-15)20(17,18)16-6-8-3-4-19-7-8/h1-4,7,16H,5-6,15H2. The Labute approximate surface area is 119 Å². The van der Waals surface area contributed by atoms with Gasteiger partial charge in [-0.3, -0.25) is 0 Å². The van der Waals surface area contributed by atoms with E-state index in [1.165, 1.54) is 11.3 Å². The molecule has 0 aliphatic rings. The summed E-state index contributed by atoms with van der Waals surface area (Å²) >= 11 is 1.42. The lowest BCUT2D eigenvalue weighted by molar-refractivity contribution is 0.525. The second-order valence-electron chi connectivity index (χ2n) is 4.00. The minimum atomic E-state index is -4.06. The van der Waals surface area contributed by atoms with Gasteiger partial charge in [0.05, 0.1) is 0 Å². The van der Waals surface area contributed by atoms with Crippen LogP contribution >= 0.6 is 11.3 Å². The van der Waals surface area contributed by atoms with Crippen LogP contribution in [0.3, 0.4) is 0 Å². The van der Waals surface area contributed by atoms with Gasteiger partial charge in [-0.15, -0.1) is 0 Å². The molecule has 4 nitrogen and oxygen atoms in total. The third kappa shape index (κ3) is 3.04. The first kappa shape index (κ1) is 15.0. The van der Waals surface area contributed by atoms with E-state index in [2.05, 4.69) is 4.72 Å². The molecule has 0 aliphatic carbocycles. The third-order valence-corrected chi connectivity index (χ3v) is 4.84. The van der Waals surface area contributed by atoms with Crippen molar-refractivity contribution in [2.75, 3.05) is 0 Å². The van der Waals surface area contributed by atoms with E-state index in [1.54, 1.807) is 16.8 Å². The molecule has 1 aromatic carbocycles. The van der Waals surface area contributed by atoms with Crippen LogP contribution in [-0.4, -0.2) is 8.42 Å². The summed E-state index contributed by atoms with van der Waals surface area (Å²) in [5.41, 5.74) is 5.54. The van der Waals surface area contributed by atoms with Gasteiger partial charge in [0.25, 0.3) is 0 Å². The van der Waals surface area contributed by atoms with Crippen molar-refractivity contribution in [3.8, 4) is 0 Å². The van der Waals surface area contributed by atoms with Crippen molar-refractivity contribution in [2.24, 2.45) is 5.73 Å². The molecule has 0 atom stereocenters. The molecule has 108 valence electrons. The van der Waals surface area contributed by atoms with E-state index in [0.29, 0.717) is 0 Å². The van der Waals surface area contributed by atoms with Gasteiger partial charge in [0.2, 0.25) is 10.0 Å². The van der Waals surface area contributed by atoms with Gasteiger partial charge in [-0.1, -0.05) is 0 Å². The molecule has 0 radical (unpaired) electrons. The minimum Gasteiger partial charge on any atom is -0.326 e. The number of rotatable bonds is 5. The first-order chi connectivity index (χ1) is 9.45. The maximum Gasteiger partial charge on any atom is 0.243 e. The number of sulfonamides is 1. The molecule has 0 saturated carbocycles. The average Bonchev–Trinajstić information content (AvgIpc) is 2.90. The molecule has 0 bridgehead atoms. The molecule has 8 heteroatoms. The van der Waals surface area contributed by atoms with Gasteiger partial charge in [0.15, 0.2) is 5.82 Å². The van der Waals surface area contributed by atoms with E-state index in [0.717, 1.165) is 17.7 Å². The number of nitrogens with one attached hydrogen (secondary N) is 1. The van der Waals surface area contributed by atoms with Gasteiger partial charge < -0.3 is 5.73 Å². The Morgan fingerprint density at radius 1 is 1.25 bits per heavy atom. The highest BCUT2D eigenvalue weighted by atomic mass is 32.2. The predicted molar refractivity (Wildman–Crippen MR) is 72.6 cm³/mol. The SMILES string of the molecule is NCc1c(F)ccc(S(=O)(=O)NCc2ccsc2)c1F. The zero-order valence-corrected chi connectivity index (χ0v) is 11.9. The van der Waals surface area contributed by atoms with E-state index >= 15 is 0 Å². The molecule has 1 aromatic heterocycles. The highest BCUT2D eigenvalue weighted by molar-refractivity contribution is 7.89. The molecule has 2 aromatic rings. The van der Waals surface area contributed by atoms with Crippen molar-refractivity contribution < 1.29 is 17.2 Å². The van der Waals surface area contributed by atoms with Gasteiger partial charge in [0.1, 0.15) is 10.7 Å². The van der Waals surface area contributed by atoms with Crippen molar-refractivity contribution in [1.29, 1.82) is 0 Å². The van der Waals surface area contributed by atoms with Crippen molar-refractivity contribution in [3.05, 3.63) is 51.7 Å². The van der Waals surface area contributed by atoms with Crippen molar-refractivity contribution >= 4 is 21.4 Å². The van der Waals surface area contributed by atoms with Crippen LogP contribution in [0.15, 0.2) is 33.9 Å². The highest BCUT2D eigenvalue weighted by Gasteiger charge is 2.22. The van der Waals surface area contributed by atoms with Crippen LogP contribution < -0.4 is 10.5 Å². The Balaban J connectivity index is 2.30. The number of halogens is 2. The molecule has 3 N–H and O–H groups in total. The fourth-order valence-electron chi connectivity index (χ4n) is 1.62. The van der Waals surface area contributed by atoms with Crippen LogP contribution in [0.4, 0.5) is 8.78 Å². The molecule has 0 spiro atoms. The van der Waals surface area contributed by atoms with Gasteiger partial charge in [-0.05, 0) is 34.5 Å². The van der Waals surface area contributed by atoms with Gasteiger partial charge in [0, 0.05) is 18.7 Å². The van der Waals surface area contributed by atoms with E-state index in [1.807, 2.05) is 0 Å². The van der Waals surface area contributed by atoms with Crippen LogP contribution in [0.2, 0.25) is 0 Å². The van der Waals surface area contributed by atoms with Crippen LogP contribution in [0.5, 0.6) is 0 Å². The summed E-state index contributed by atoms with van der Waals surface area (Å²) in [6.45, 7) is -0.369. The molecular weight excluding hydrogens is 306 g/mol. The number of hydrogen-bond donors (Lipinski definition) is 2. The van der Waals surface area contributed by atoms with Crippen molar-refractivity contribution in [1.82, 2.24) is 4.72 Å². The molecular formula is C12H12F2N2O2S2. The Kier molecular flexibility index (Phi) is 4.48. The Bertz CT molecular complexity index is 700. The van der Waals surface area contributed by atoms with E-state index in [9.17, 15) is 17.2 Å². The number of hydrogen-bond acceptors (Lipinski definition) is 4. The first-order valence-corrected chi connectivity index (χ1v) is 8.06. The van der Waals surface area contributed by atoms with Crippen LogP contribution in [0.25, 0.3) is 0 Å². The fourth-order valence-corrected chi connectivity index (χ4v) is 3.41. The number of benzene rings is 1. The lowest BCUT2D eigenvalue weighted by Gasteiger charge is -2.10. The monoisotopic (exact) mass is 318 g/mol. The van der Waals surface area contributed by atoms with Gasteiger partial charge in [-0.25, -0.2) is 21.9 Å².